The van der Waals surface area contributed by atoms with E-state index in [2.05, 4.69) is 29.3 Å². The van der Waals surface area contributed by atoms with E-state index in [-0.39, 0.29) is 6.61 Å². The number of aromatic nitrogens is 2. The summed E-state index contributed by atoms with van der Waals surface area (Å²) >= 11 is 4.87. The van der Waals surface area contributed by atoms with Gasteiger partial charge in [0.2, 0.25) is 0 Å². The molecule has 0 saturated carbocycles. The van der Waals surface area contributed by atoms with Gasteiger partial charge in [-0.25, -0.2) is 0 Å². The van der Waals surface area contributed by atoms with Gasteiger partial charge >= 0.3 is 0 Å². The Labute approximate surface area is 166 Å². The van der Waals surface area contributed by atoms with Crippen LogP contribution in [-0.4, -0.2) is 39.5 Å². The molecule has 1 heterocycles. The van der Waals surface area contributed by atoms with Gasteiger partial charge in [0.25, 0.3) is 0 Å². The molecule has 0 amide bonds. The third kappa shape index (κ3) is 5.87. The van der Waals surface area contributed by atoms with Crippen molar-refractivity contribution in [2.45, 2.75) is 34.5 Å². The minimum atomic E-state index is -0.549. The van der Waals surface area contributed by atoms with Gasteiger partial charge in [0, 0.05) is 11.5 Å². The van der Waals surface area contributed by atoms with E-state index >= 15 is 0 Å². The molecule has 0 aliphatic rings. The van der Waals surface area contributed by atoms with E-state index in [1.165, 1.54) is 30.0 Å². The summed E-state index contributed by atoms with van der Waals surface area (Å²) in [6, 6.07) is 14.1. The zero-order chi connectivity index (χ0) is 18.2. The highest BCUT2D eigenvalue weighted by Crippen LogP contribution is 2.29. The summed E-state index contributed by atoms with van der Waals surface area (Å²) < 4.78 is 7.63. The van der Waals surface area contributed by atoms with Crippen molar-refractivity contribution in [3.63, 3.8) is 0 Å². The molecular formula is C19H22N2O2S3. The first-order valence-electron chi connectivity index (χ1n) is 8.63. The van der Waals surface area contributed by atoms with Gasteiger partial charge in [-0.1, -0.05) is 78.5 Å². The molecule has 1 N–H and O–H groups in total. The fourth-order valence-corrected chi connectivity index (χ4v) is 5.39. The summed E-state index contributed by atoms with van der Waals surface area (Å²) in [5.41, 5.74) is 0. The fraction of sp³-hybridized carbons (Fsp3) is 0.368. The van der Waals surface area contributed by atoms with Crippen molar-refractivity contribution in [2.24, 2.45) is 0 Å². The summed E-state index contributed by atoms with van der Waals surface area (Å²) in [6.07, 6.45) is 1.83. The normalized spacial score (nSPS) is 12.4. The van der Waals surface area contributed by atoms with Crippen LogP contribution in [0.5, 0.6) is 5.75 Å². The van der Waals surface area contributed by atoms with Gasteiger partial charge in [-0.2, -0.15) is 0 Å². The van der Waals surface area contributed by atoms with E-state index in [4.69, 9.17) is 4.74 Å². The van der Waals surface area contributed by atoms with Crippen molar-refractivity contribution in [3.05, 3.63) is 42.5 Å². The van der Waals surface area contributed by atoms with Crippen molar-refractivity contribution in [1.82, 2.24) is 10.2 Å². The van der Waals surface area contributed by atoms with E-state index in [0.29, 0.717) is 5.75 Å². The van der Waals surface area contributed by atoms with E-state index in [9.17, 15) is 5.11 Å². The Morgan fingerprint density at radius 3 is 2.65 bits per heavy atom. The number of aliphatic hydroxyl groups excluding tert-OH is 1. The zero-order valence-corrected chi connectivity index (χ0v) is 17.1. The van der Waals surface area contributed by atoms with Crippen LogP contribution in [0, 0.1) is 0 Å². The summed E-state index contributed by atoms with van der Waals surface area (Å²) in [7, 11) is 0. The van der Waals surface area contributed by atoms with Crippen LogP contribution in [0.15, 0.2) is 51.1 Å². The van der Waals surface area contributed by atoms with Gasteiger partial charge in [-0.05, 0) is 29.3 Å². The quantitative estimate of drug-likeness (QED) is 0.373. The highest BCUT2D eigenvalue weighted by Gasteiger charge is 2.10. The Morgan fingerprint density at radius 2 is 1.85 bits per heavy atom. The molecule has 0 radical (unpaired) electrons. The molecule has 1 atom stereocenters. The largest absolute Gasteiger partial charge is 0.491 e. The second kappa shape index (κ2) is 10.2. The van der Waals surface area contributed by atoms with Crippen LogP contribution in [-0.2, 0) is 0 Å². The van der Waals surface area contributed by atoms with Crippen LogP contribution < -0.4 is 4.74 Å². The zero-order valence-electron chi connectivity index (χ0n) is 14.6. The maximum absolute atomic E-state index is 10.2. The highest BCUT2D eigenvalue weighted by atomic mass is 32.2. The van der Waals surface area contributed by atoms with Gasteiger partial charge < -0.3 is 9.84 Å². The number of ether oxygens (including phenoxy) is 1. The number of rotatable bonds is 10. The average molecular weight is 407 g/mol. The average Bonchev–Trinajstić information content (AvgIpc) is 3.12. The lowest BCUT2D eigenvalue weighted by atomic mass is 10.1. The predicted octanol–water partition coefficient (Wildman–Crippen LogP) is 5.12. The SMILES string of the molecule is CCCCSc1nnc(SCC(O)COc2ccc3ccccc3c2)s1. The third-order valence-corrected chi connectivity index (χ3v) is 7.09. The standard InChI is InChI=1S/C19H22N2O2S3/c1-2-3-10-24-18-20-21-19(26-18)25-13-16(22)12-23-17-9-8-14-6-4-5-7-15(14)11-17/h4-9,11,16,22H,2-3,10,12-13H2,1H3. The molecule has 1 unspecified atom stereocenters. The summed E-state index contributed by atoms with van der Waals surface area (Å²) in [5, 5.41) is 20.9. The third-order valence-electron chi connectivity index (χ3n) is 3.67. The highest BCUT2D eigenvalue weighted by molar-refractivity contribution is 8.03. The van der Waals surface area contributed by atoms with Gasteiger partial charge in [-0.15, -0.1) is 10.2 Å². The van der Waals surface area contributed by atoms with Crippen molar-refractivity contribution in [2.75, 3.05) is 18.1 Å². The fourth-order valence-electron chi connectivity index (χ4n) is 2.28. The second-order valence-electron chi connectivity index (χ2n) is 5.82. The van der Waals surface area contributed by atoms with Crippen LogP contribution >= 0.6 is 34.9 Å². The van der Waals surface area contributed by atoms with Crippen LogP contribution in [0.1, 0.15) is 19.8 Å². The lowest BCUT2D eigenvalue weighted by molar-refractivity contribution is 0.126. The first-order valence-corrected chi connectivity index (χ1v) is 11.4. The Kier molecular flexibility index (Phi) is 7.61. The molecule has 3 aromatic rings. The van der Waals surface area contributed by atoms with Crippen molar-refractivity contribution < 1.29 is 9.84 Å². The monoisotopic (exact) mass is 406 g/mol. The topological polar surface area (TPSA) is 55.2 Å². The molecule has 0 fully saturated rings. The molecule has 3 rings (SSSR count). The lowest BCUT2D eigenvalue weighted by Crippen LogP contribution is -2.20. The van der Waals surface area contributed by atoms with Gasteiger partial charge in [-0.3, -0.25) is 0 Å². The summed E-state index contributed by atoms with van der Waals surface area (Å²) in [4.78, 5) is 0. The summed E-state index contributed by atoms with van der Waals surface area (Å²) in [5.74, 6) is 2.40. The van der Waals surface area contributed by atoms with E-state index in [1.807, 2.05) is 30.3 Å². The Hall–Kier alpha value is -1.28. The molecule has 4 nitrogen and oxygen atoms in total. The van der Waals surface area contributed by atoms with E-state index in [1.54, 1.807) is 23.1 Å². The molecule has 0 aliphatic carbocycles. The number of hydrogen-bond donors (Lipinski definition) is 1. The molecule has 0 spiro atoms. The number of unbranched alkanes of at least 4 members (excludes halogenated alkanes) is 1. The minimum absolute atomic E-state index is 0.266. The molecule has 2 aromatic carbocycles. The first kappa shape index (κ1) is 19.5. The van der Waals surface area contributed by atoms with Crippen LogP contribution in [0.3, 0.4) is 0 Å². The van der Waals surface area contributed by atoms with Crippen molar-refractivity contribution >= 4 is 45.6 Å². The van der Waals surface area contributed by atoms with Crippen LogP contribution in [0.4, 0.5) is 0 Å². The molecule has 0 bridgehead atoms. The molecule has 1 aromatic heterocycles. The number of aliphatic hydroxyl groups is 1. The maximum Gasteiger partial charge on any atom is 0.175 e. The van der Waals surface area contributed by atoms with Crippen molar-refractivity contribution in [1.29, 1.82) is 0 Å². The maximum atomic E-state index is 10.2. The number of hydrogen-bond acceptors (Lipinski definition) is 7. The van der Waals surface area contributed by atoms with Crippen LogP contribution in [0.25, 0.3) is 10.8 Å². The van der Waals surface area contributed by atoms with E-state index < -0.39 is 6.10 Å². The Morgan fingerprint density at radius 1 is 1.08 bits per heavy atom. The Bertz CT molecular complexity index is 825. The lowest BCUT2D eigenvalue weighted by Gasteiger charge is -2.11. The molecule has 7 heteroatoms. The molecule has 26 heavy (non-hydrogen) atoms. The second-order valence-corrected chi connectivity index (χ2v) is 9.41. The molecule has 138 valence electrons. The smallest absolute Gasteiger partial charge is 0.175 e. The summed E-state index contributed by atoms with van der Waals surface area (Å²) in [6.45, 7) is 2.45. The van der Waals surface area contributed by atoms with Crippen molar-refractivity contribution in [3.8, 4) is 5.75 Å². The van der Waals surface area contributed by atoms with Crippen LogP contribution in [0.2, 0.25) is 0 Å². The van der Waals surface area contributed by atoms with Gasteiger partial charge in [0.05, 0.1) is 6.10 Å². The number of nitrogens with zero attached hydrogens (tertiary/aromatic N) is 2. The number of benzene rings is 2. The number of thioether (sulfide) groups is 2. The predicted molar refractivity (Wildman–Crippen MR) is 112 cm³/mol. The molecule has 0 aliphatic heterocycles. The molecular weight excluding hydrogens is 384 g/mol. The van der Waals surface area contributed by atoms with E-state index in [0.717, 1.165) is 25.6 Å². The van der Waals surface area contributed by atoms with Gasteiger partial charge in [0.15, 0.2) is 8.68 Å². The molecule has 0 saturated heterocycles. The Balaban J connectivity index is 1.43. The van der Waals surface area contributed by atoms with Gasteiger partial charge in [0.1, 0.15) is 12.4 Å². The minimum Gasteiger partial charge on any atom is -0.491 e. The number of fused-ring (bicyclic) bond motifs is 1. The first-order chi connectivity index (χ1) is 12.7.